The average molecular weight is 299 g/mol. The SMILES string of the molecule is CCC(C)(C)CC(c1ccc(O)c2ccccc12)C(C)(C)N. The Labute approximate surface area is 134 Å². The van der Waals surface area contributed by atoms with E-state index in [9.17, 15) is 5.11 Å². The molecule has 0 aromatic heterocycles. The minimum atomic E-state index is -0.313. The maximum atomic E-state index is 10.1. The van der Waals surface area contributed by atoms with Crippen LogP contribution in [-0.2, 0) is 0 Å². The molecule has 0 aliphatic heterocycles. The molecule has 2 aromatic rings. The molecule has 0 spiro atoms. The van der Waals surface area contributed by atoms with Crippen molar-refractivity contribution in [1.82, 2.24) is 0 Å². The molecule has 0 saturated carbocycles. The number of phenols is 1. The molecule has 0 aliphatic carbocycles. The van der Waals surface area contributed by atoms with Gasteiger partial charge in [-0.05, 0) is 42.7 Å². The van der Waals surface area contributed by atoms with Gasteiger partial charge in [-0.25, -0.2) is 0 Å². The summed E-state index contributed by atoms with van der Waals surface area (Å²) in [7, 11) is 0. The Morgan fingerprint density at radius 2 is 1.59 bits per heavy atom. The first-order valence-electron chi connectivity index (χ1n) is 8.15. The van der Waals surface area contributed by atoms with Crippen LogP contribution >= 0.6 is 0 Å². The second-order valence-corrected chi connectivity index (χ2v) is 7.82. The van der Waals surface area contributed by atoms with Gasteiger partial charge in [0.05, 0.1) is 0 Å². The molecular weight excluding hydrogens is 270 g/mol. The summed E-state index contributed by atoms with van der Waals surface area (Å²) in [6.07, 6.45) is 2.15. The fourth-order valence-electron chi connectivity index (χ4n) is 3.08. The summed E-state index contributed by atoms with van der Waals surface area (Å²) in [5.41, 5.74) is 7.70. The summed E-state index contributed by atoms with van der Waals surface area (Å²) in [6.45, 7) is 11.0. The largest absolute Gasteiger partial charge is 0.507 e. The lowest BCUT2D eigenvalue weighted by molar-refractivity contribution is 0.247. The molecule has 2 nitrogen and oxygen atoms in total. The number of hydrogen-bond donors (Lipinski definition) is 2. The molecule has 2 rings (SSSR count). The summed E-state index contributed by atoms with van der Waals surface area (Å²) >= 11 is 0. The van der Waals surface area contributed by atoms with Crippen molar-refractivity contribution >= 4 is 10.8 Å². The minimum absolute atomic E-state index is 0.236. The predicted octanol–water partition coefficient (Wildman–Crippen LogP) is 5.19. The zero-order valence-electron chi connectivity index (χ0n) is 14.5. The molecule has 0 fully saturated rings. The van der Waals surface area contributed by atoms with Crippen molar-refractivity contribution in [3.8, 4) is 5.75 Å². The van der Waals surface area contributed by atoms with Crippen LogP contribution in [0.25, 0.3) is 10.8 Å². The molecule has 0 saturated heterocycles. The Bertz CT molecular complexity index is 652. The van der Waals surface area contributed by atoms with Gasteiger partial charge in [0.2, 0.25) is 0 Å². The summed E-state index contributed by atoms with van der Waals surface area (Å²) < 4.78 is 0. The summed E-state index contributed by atoms with van der Waals surface area (Å²) in [4.78, 5) is 0. The Morgan fingerprint density at radius 1 is 1.00 bits per heavy atom. The van der Waals surface area contributed by atoms with E-state index in [4.69, 9.17) is 5.73 Å². The third-order valence-corrected chi connectivity index (χ3v) is 4.92. The average Bonchev–Trinajstić information content (AvgIpc) is 2.45. The number of benzene rings is 2. The third kappa shape index (κ3) is 3.44. The molecule has 3 N–H and O–H groups in total. The molecule has 0 aliphatic rings. The summed E-state index contributed by atoms with van der Waals surface area (Å²) in [5.74, 6) is 0.579. The number of fused-ring (bicyclic) bond motifs is 1. The first-order valence-corrected chi connectivity index (χ1v) is 8.15. The van der Waals surface area contributed by atoms with Crippen LogP contribution in [0, 0.1) is 5.41 Å². The van der Waals surface area contributed by atoms with Gasteiger partial charge >= 0.3 is 0 Å². The fraction of sp³-hybridized carbons (Fsp3) is 0.500. The molecule has 22 heavy (non-hydrogen) atoms. The van der Waals surface area contributed by atoms with Crippen LogP contribution < -0.4 is 5.73 Å². The van der Waals surface area contributed by atoms with E-state index in [1.807, 2.05) is 24.3 Å². The molecule has 0 bridgehead atoms. The maximum Gasteiger partial charge on any atom is 0.123 e. The lowest BCUT2D eigenvalue weighted by atomic mass is 9.70. The second kappa shape index (κ2) is 5.92. The predicted molar refractivity (Wildman–Crippen MR) is 95.3 cm³/mol. The zero-order chi connectivity index (χ0) is 16.5. The molecule has 2 aromatic carbocycles. The lowest BCUT2D eigenvalue weighted by Gasteiger charge is -2.37. The minimum Gasteiger partial charge on any atom is -0.507 e. The van der Waals surface area contributed by atoms with Crippen LogP contribution in [0.15, 0.2) is 36.4 Å². The molecule has 0 radical (unpaired) electrons. The number of rotatable bonds is 5. The second-order valence-electron chi connectivity index (χ2n) is 7.82. The van der Waals surface area contributed by atoms with Gasteiger partial charge in [-0.2, -0.15) is 0 Å². The number of aromatic hydroxyl groups is 1. The highest BCUT2D eigenvalue weighted by Gasteiger charge is 2.33. The van der Waals surface area contributed by atoms with Crippen molar-refractivity contribution in [2.45, 2.75) is 58.9 Å². The van der Waals surface area contributed by atoms with E-state index in [1.54, 1.807) is 6.07 Å². The van der Waals surface area contributed by atoms with Gasteiger partial charge in [0.25, 0.3) is 0 Å². The topological polar surface area (TPSA) is 46.2 Å². The van der Waals surface area contributed by atoms with Crippen LogP contribution in [0.2, 0.25) is 0 Å². The van der Waals surface area contributed by atoms with Crippen molar-refractivity contribution in [2.24, 2.45) is 11.1 Å². The van der Waals surface area contributed by atoms with Gasteiger partial charge in [0.15, 0.2) is 0 Å². The standard InChI is InChI=1S/C20H29NO/c1-6-19(2,3)13-17(20(4,5)21)15-11-12-18(22)16-10-8-7-9-14(15)16/h7-12,17,22H,6,13,21H2,1-5H3. The van der Waals surface area contributed by atoms with Crippen molar-refractivity contribution in [1.29, 1.82) is 0 Å². The van der Waals surface area contributed by atoms with E-state index in [0.717, 1.165) is 23.6 Å². The first kappa shape index (κ1) is 16.8. The normalized spacial score (nSPS) is 14.3. The molecule has 1 atom stereocenters. The van der Waals surface area contributed by atoms with Gasteiger partial charge < -0.3 is 10.8 Å². The van der Waals surface area contributed by atoms with Gasteiger partial charge in [0.1, 0.15) is 5.75 Å². The molecular formula is C20H29NO. The number of phenolic OH excluding ortho intramolecular Hbond substituents is 1. The van der Waals surface area contributed by atoms with Crippen LogP contribution in [0.1, 0.15) is 58.9 Å². The van der Waals surface area contributed by atoms with Crippen LogP contribution in [0.5, 0.6) is 5.75 Å². The highest BCUT2D eigenvalue weighted by molar-refractivity contribution is 5.91. The monoisotopic (exact) mass is 299 g/mol. The smallest absolute Gasteiger partial charge is 0.123 e. The van der Waals surface area contributed by atoms with Crippen molar-refractivity contribution in [3.05, 3.63) is 42.0 Å². The fourth-order valence-corrected chi connectivity index (χ4v) is 3.08. The van der Waals surface area contributed by atoms with Crippen molar-refractivity contribution in [3.63, 3.8) is 0 Å². The molecule has 120 valence electrons. The summed E-state index contributed by atoms with van der Waals surface area (Å²) in [6, 6.07) is 11.9. The van der Waals surface area contributed by atoms with Crippen LogP contribution in [0.4, 0.5) is 0 Å². The van der Waals surface area contributed by atoms with Crippen LogP contribution in [0.3, 0.4) is 0 Å². The van der Waals surface area contributed by atoms with E-state index in [0.29, 0.717) is 5.75 Å². The maximum absolute atomic E-state index is 10.1. The van der Waals surface area contributed by atoms with Gasteiger partial charge in [0, 0.05) is 16.8 Å². The van der Waals surface area contributed by atoms with Crippen molar-refractivity contribution in [2.75, 3.05) is 0 Å². The van der Waals surface area contributed by atoms with E-state index >= 15 is 0 Å². The molecule has 1 unspecified atom stereocenters. The Morgan fingerprint density at radius 3 is 2.14 bits per heavy atom. The highest BCUT2D eigenvalue weighted by atomic mass is 16.3. The quantitative estimate of drug-likeness (QED) is 0.797. The highest BCUT2D eigenvalue weighted by Crippen LogP contribution is 2.42. The third-order valence-electron chi connectivity index (χ3n) is 4.92. The van der Waals surface area contributed by atoms with E-state index in [-0.39, 0.29) is 16.9 Å². The molecule has 0 heterocycles. The van der Waals surface area contributed by atoms with E-state index in [1.165, 1.54) is 5.56 Å². The summed E-state index contributed by atoms with van der Waals surface area (Å²) in [5, 5.41) is 12.1. The van der Waals surface area contributed by atoms with Gasteiger partial charge in [-0.1, -0.05) is 57.5 Å². The van der Waals surface area contributed by atoms with Gasteiger partial charge in [-0.15, -0.1) is 0 Å². The lowest BCUT2D eigenvalue weighted by Crippen LogP contribution is -2.41. The number of nitrogens with two attached hydrogens (primary N) is 1. The molecule has 0 amide bonds. The Kier molecular flexibility index (Phi) is 4.53. The van der Waals surface area contributed by atoms with E-state index in [2.05, 4.69) is 40.7 Å². The first-order chi connectivity index (χ1) is 10.2. The Balaban J connectivity index is 2.61. The van der Waals surface area contributed by atoms with Crippen LogP contribution in [-0.4, -0.2) is 10.6 Å². The van der Waals surface area contributed by atoms with E-state index < -0.39 is 0 Å². The molecule has 2 heteroatoms. The number of hydrogen-bond acceptors (Lipinski definition) is 2. The van der Waals surface area contributed by atoms with Crippen molar-refractivity contribution < 1.29 is 5.11 Å². The zero-order valence-corrected chi connectivity index (χ0v) is 14.5. The Hall–Kier alpha value is -1.54. The van der Waals surface area contributed by atoms with Gasteiger partial charge in [-0.3, -0.25) is 0 Å².